The summed E-state index contributed by atoms with van der Waals surface area (Å²) in [5, 5.41) is 1.82. The first-order valence-electron chi connectivity index (χ1n) is 13.4. The van der Waals surface area contributed by atoms with Gasteiger partial charge in [-0.15, -0.1) is 0 Å². The summed E-state index contributed by atoms with van der Waals surface area (Å²) in [7, 11) is 3.26. The summed E-state index contributed by atoms with van der Waals surface area (Å²) in [5.74, 6) is -0.142. The van der Waals surface area contributed by atoms with Crippen LogP contribution in [0.2, 0.25) is 0 Å². The Morgan fingerprint density at radius 1 is 1.12 bits per heavy atom. The van der Waals surface area contributed by atoms with Crippen molar-refractivity contribution < 1.29 is 9.00 Å². The van der Waals surface area contributed by atoms with Crippen LogP contribution in [0.5, 0.6) is 0 Å². The van der Waals surface area contributed by atoms with Gasteiger partial charge >= 0.3 is 0 Å². The van der Waals surface area contributed by atoms with Crippen molar-refractivity contribution in [1.29, 1.82) is 0 Å². The van der Waals surface area contributed by atoms with Crippen LogP contribution in [-0.2, 0) is 17.7 Å². The molecule has 0 bridgehead atoms. The largest absolute Gasteiger partial charge is 0.331 e. The van der Waals surface area contributed by atoms with Crippen molar-refractivity contribution in [2.75, 3.05) is 14.1 Å². The summed E-state index contributed by atoms with van der Waals surface area (Å²) in [6.07, 6.45) is 4.92. The van der Waals surface area contributed by atoms with E-state index in [1.807, 2.05) is 47.9 Å². The fourth-order valence-corrected chi connectivity index (χ4v) is 5.92. The fourth-order valence-electron chi connectivity index (χ4n) is 5.49. The SMILES string of the molecule is Cc1ccc2c(c1)c(-c1ccc[nH]c1=O)c(C(=O)NS(=O)N(C)C)n2Cc1cc2ccccc2nc1C1CCC1. The maximum atomic E-state index is 13.9. The van der Waals surface area contributed by atoms with E-state index in [0.717, 1.165) is 51.5 Å². The fraction of sp³-hybridized carbons (Fsp3) is 0.258. The van der Waals surface area contributed by atoms with Crippen LogP contribution in [0, 0.1) is 6.92 Å². The number of carbonyl (C=O) groups excluding carboxylic acids is 1. The van der Waals surface area contributed by atoms with Crippen LogP contribution in [0.25, 0.3) is 32.9 Å². The van der Waals surface area contributed by atoms with Crippen LogP contribution < -0.4 is 10.3 Å². The number of benzene rings is 2. The molecule has 2 N–H and O–H groups in total. The van der Waals surface area contributed by atoms with E-state index in [2.05, 4.69) is 21.8 Å². The van der Waals surface area contributed by atoms with Crippen molar-refractivity contribution in [3.8, 4) is 11.1 Å². The predicted octanol–water partition coefficient (Wildman–Crippen LogP) is 5.04. The predicted molar refractivity (Wildman–Crippen MR) is 159 cm³/mol. The van der Waals surface area contributed by atoms with Crippen molar-refractivity contribution in [1.82, 2.24) is 23.6 Å². The Kier molecular flexibility index (Phi) is 6.85. The molecule has 1 aliphatic rings. The first kappa shape index (κ1) is 26.2. The van der Waals surface area contributed by atoms with Crippen molar-refractivity contribution in [3.05, 3.63) is 99.7 Å². The van der Waals surface area contributed by atoms with E-state index in [0.29, 0.717) is 29.3 Å². The number of hydrogen-bond acceptors (Lipinski definition) is 4. The summed E-state index contributed by atoms with van der Waals surface area (Å²) >= 11 is -1.75. The van der Waals surface area contributed by atoms with Crippen molar-refractivity contribution in [2.45, 2.75) is 38.6 Å². The van der Waals surface area contributed by atoms with Gasteiger partial charge in [-0.3, -0.25) is 19.3 Å². The van der Waals surface area contributed by atoms with Crippen LogP contribution in [0.1, 0.15) is 52.5 Å². The van der Waals surface area contributed by atoms with Crippen LogP contribution in [0.15, 0.2) is 71.7 Å². The summed E-state index contributed by atoms with van der Waals surface area (Å²) in [6.45, 7) is 2.36. The Morgan fingerprint density at radius 3 is 2.65 bits per heavy atom. The topological polar surface area (TPSA) is 100 Å². The number of nitrogens with one attached hydrogen (secondary N) is 2. The number of pyridine rings is 2. The second-order valence-electron chi connectivity index (χ2n) is 10.6. The Hall–Kier alpha value is -4.08. The number of carbonyl (C=O) groups is 1. The highest BCUT2D eigenvalue weighted by Gasteiger charge is 2.29. The first-order chi connectivity index (χ1) is 19.3. The number of nitrogens with zero attached hydrogens (tertiary/aromatic N) is 3. The number of fused-ring (bicyclic) bond motifs is 2. The Morgan fingerprint density at radius 2 is 1.93 bits per heavy atom. The number of aromatic nitrogens is 3. The number of para-hydroxylation sites is 1. The highest BCUT2D eigenvalue weighted by atomic mass is 32.2. The van der Waals surface area contributed by atoms with E-state index >= 15 is 0 Å². The van der Waals surface area contributed by atoms with Crippen molar-refractivity contribution in [2.24, 2.45) is 0 Å². The van der Waals surface area contributed by atoms with E-state index < -0.39 is 17.1 Å². The molecular weight excluding hydrogens is 522 g/mol. The van der Waals surface area contributed by atoms with Gasteiger partial charge in [-0.1, -0.05) is 36.2 Å². The van der Waals surface area contributed by atoms with E-state index in [-0.39, 0.29) is 5.56 Å². The second-order valence-corrected chi connectivity index (χ2v) is 12.0. The lowest BCUT2D eigenvalue weighted by Crippen LogP contribution is -2.35. The third-order valence-electron chi connectivity index (χ3n) is 7.69. The van der Waals surface area contributed by atoms with Crippen LogP contribution in [-0.4, -0.2) is 43.1 Å². The second kappa shape index (κ2) is 10.5. The molecule has 0 radical (unpaired) electrons. The van der Waals surface area contributed by atoms with Gasteiger partial charge in [-0.25, -0.2) is 8.51 Å². The molecule has 8 nitrogen and oxygen atoms in total. The highest BCUT2D eigenvalue weighted by Crippen LogP contribution is 2.40. The van der Waals surface area contributed by atoms with Crippen LogP contribution >= 0.6 is 0 Å². The molecule has 3 aromatic heterocycles. The number of hydrogen-bond donors (Lipinski definition) is 2. The lowest BCUT2D eigenvalue weighted by Gasteiger charge is -2.27. The molecule has 40 heavy (non-hydrogen) atoms. The zero-order valence-electron chi connectivity index (χ0n) is 22.7. The third kappa shape index (κ3) is 4.65. The van der Waals surface area contributed by atoms with E-state index in [1.54, 1.807) is 32.4 Å². The summed E-state index contributed by atoms with van der Waals surface area (Å²) in [4.78, 5) is 34.9. The van der Waals surface area contributed by atoms with E-state index in [9.17, 15) is 13.8 Å². The number of aromatic amines is 1. The van der Waals surface area contributed by atoms with Gasteiger partial charge in [0.15, 0.2) is 11.2 Å². The van der Waals surface area contributed by atoms with Crippen LogP contribution in [0.4, 0.5) is 0 Å². The van der Waals surface area contributed by atoms with E-state index in [1.165, 1.54) is 10.7 Å². The molecule has 204 valence electrons. The van der Waals surface area contributed by atoms with Gasteiger partial charge < -0.3 is 9.55 Å². The average Bonchev–Trinajstić information content (AvgIpc) is 3.21. The number of H-pyrrole nitrogens is 1. The van der Waals surface area contributed by atoms with Gasteiger partial charge in [-0.05, 0) is 61.7 Å². The number of amides is 1. The lowest BCUT2D eigenvalue weighted by molar-refractivity contribution is 0.0974. The first-order valence-corrected chi connectivity index (χ1v) is 14.5. The molecule has 2 aromatic carbocycles. The molecule has 1 aliphatic carbocycles. The molecule has 1 fully saturated rings. The van der Waals surface area contributed by atoms with Crippen molar-refractivity contribution >= 4 is 38.9 Å². The molecule has 1 amide bonds. The maximum Gasteiger partial charge on any atom is 0.281 e. The highest BCUT2D eigenvalue weighted by molar-refractivity contribution is 7.81. The Labute approximate surface area is 234 Å². The standard InChI is InChI=1S/C31H31N5O3S/c1-19-13-14-26-24(16-19)27(23-11-7-15-32-30(23)37)29(31(38)34-40(39)35(2)3)36(26)18-22-17-21-8-4-5-12-25(21)33-28(22)20-9-6-10-20/h4-5,7-8,11-17,20H,6,9-10,18H2,1-3H3,(H,32,37)(H,34,38). The molecule has 5 aromatic rings. The summed E-state index contributed by atoms with van der Waals surface area (Å²) < 4.78 is 18.7. The number of rotatable bonds is 7. The summed E-state index contributed by atoms with van der Waals surface area (Å²) in [5.41, 5.74) is 5.77. The van der Waals surface area contributed by atoms with Crippen molar-refractivity contribution in [3.63, 3.8) is 0 Å². The van der Waals surface area contributed by atoms with Gasteiger partial charge in [0.25, 0.3) is 11.5 Å². The van der Waals surface area contributed by atoms with Gasteiger partial charge in [0.2, 0.25) is 0 Å². The minimum Gasteiger partial charge on any atom is -0.331 e. The summed E-state index contributed by atoms with van der Waals surface area (Å²) in [6, 6.07) is 19.7. The van der Waals surface area contributed by atoms with Gasteiger partial charge in [0, 0.05) is 59.3 Å². The molecule has 1 saturated carbocycles. The molecule has 9 heteroatoms. The lowest BCUT2D eigenvalue weighted by atomic mass is 9.80. The Balaban J connectivity index is 1.63. The Bertz CT molecular complexity index is 1850. The zero-order valence-corrected chi connectivity index (χ0v) is 23.5. The van der Waals surface area contributed by atoms with Gasteiger partial charge in [-0.2, -0.15) is 0 Å². The molecule has 0 aliphatic heterocycles. The molecule has 0 spiro atoms. The van der Waals surface area contributed by atoms with Gasteiger partial charge in [0.1, 0.15) is 5.69 Å². The smallest absolute Gasteiger partial charge is 0.281 e. The average molecular weight is 554 g/mol. The number of aryl methyl sites for hydroxylation is 1. The third-order valence-corrected chi connectivity index (χ3v) is 8.71. The minimum absolute atomic E-state index is 0.292. The zero-order chi connectivity index (χ0) is 28.0. The molecule has 1 atom stereocenters. The quantitative estimate of drug-likeness (QED) is 0.295. The molecule has 0 saturated heterocycles. The molecule has 1 unspecified atom stereocenters. The van der Waals surface area contributed by atoms with E-state index in [4.69, 9.17) is 4.98 Å². The normalized spacial score (nSPS) is 14.5. The monoisotopic (exact) mass is 553 g/mol. The van der Waals surface area contributed by atoms with Crippen LogP contribution in [0.3, 0.4) is 0 Å². The maximum absolute atomic E-state index is 13.9. The minimum atomic E-state index is -1.75. The molecule has 3 heterocycles. The molecule has 6 rings (SSSR count). The van der Waals surface area contributed by atoms with Gasteiger partial charge in [0.05, 0.1) is 12.1 Å². The molecular formula is C31H31N5O3S.